The van der Waals surface area contributed by atoms with Gasteiger partial charge in [0.1, 0.15) is 0 Å². The van der Waals surface area contributed by atoms with E-state index in [9.17, 15) is 13.2 Å². The minimum atomic E-state index is -3.73. The van der Waals surface area contributed by atoms with Crippen LogP contribution in [0.25, 0.3) is 0 Å². The third-order valence-corrected chi connectivity index (χ3v) is 6.09. The van der Waals surface area contributed by atoms with Gasteiger partial charge in [-0.1, -0.05) is 4.47 Å². The van der Waals surface area contributed by atoms with E-state index in [4.69, 9.17) is 4.84 Å². The molecule has 27 heavy (non-hydrogen) atoms. The Bertz CT molecular complexity index is 881. The number of anilines is 1. The maximum Gasteiger partial charge on any atom is 0.264 e. The van der Waals surface area contributed by atoms with E-state index in [0.29, 0.717) is 37.7 Å². The van der Waals surface area contributed by atoms with Crippen LogP contribution in [0.15, 0.2) is 47.6 Å². The van der Waals surface area contributed by atoms with Crippen molar-refractivity contribution in [1.82, 2.24) is 19.3 Å². The largest absolute Gasteiger partial charge is 0.337 e. The van der Waals surface area contributed by atoms with Gasteiger partial charge in [0.15, 0.2) is 0 Å². The van der Waals surface area contributed by atoms with Crippen molar-refractivity contribution in [2.75, 3.05) is 45.2 Å². The van der Waals surface area contributed by atoms with Crippen molar-refractivity contribution in [1.29, 1.82) is 0 Å². The fourth-order valence-corrected chi connectivity index (χ4v) is 3.74. The first-order chi connectivity index (χ1) is 12.9. The number of carbonyl (C=O) groups is 1. The molecular formula is C17H21N5O4S. The zero-order chi connectivity index (χ0) is 19.4. The normalized spacial score (nSPS) is 15.2. The van der Waals surface area contributed by atoms with Crippen molar-refractivity contribution >= 4 is 21.9 Å². The van der Waals surface area contributed by atoms with E-state index in [1.54, 1.807) is 23.4 Å². The topological polar surface area (TPSA) is 95.9 Å². The number of sulfonamides is 1. The van der Waals surface area contributed by atoms with E-state index >= 15 is 0 Å². The maximum atomic E-state index is 12.7. The SMILES string of the molecule is CON(C)S(=O)(=O)c1ccc(C(=O)N2CCN(c3ncccn3)CC2)cc1. The number of piperazine rings is 1. The molecule has 0 spiro atoms. The number of hydroxylamine groups is 1. The standard InChI is InChI=1S/C17H21N5O4S/c1-20(26-2)27(24,25)15-6-4-14(5-7-15)16(23)21-10-12-22(13-11-21)17-18-8-3-9-19-17/h3-9H,10-13H2,1-2H3. The van der Waals surface area contributed by atoms with E-state index < -0.39 is 10.0 Å². The Balaban J connectivity index is 1.65. The highest BCUT2D eigenvalue weighted by atomic mass is 32.2. The highest BCUT2D eigenvalue weighted by Gasteiger charge is 2.25. The van der Waals surface area contributed by atoms with Gasteiger partial charge < -0.3 is 9.80 Å². The molecule has 0 aliphatic carbocycles. The molecule has 3 rings (SSSR count). The highest BCUT2D eigenvalue weighted by molar-refractivity contribution is 7.89. The highest BCUT2D eigenvalue weighted by Crippen LogP contribution is 2.17. The monoisotopic (exact) mass is 391 g/mol. The van der Waals surface area contributed by atoms with Crippen LogP contribution in [0, 0.1) is 0 Å². The van der Waals surface area contributed by atoms with Gasteiger partial charge in [-0.2, -0.15) is 0 Å². The van der Waals surface area contributed by atoms with E-state index in [0.717, 1.165) is 4.47 Å². The predicted molar refractivity (Wildman–Crippen MR) is 98.5 cm³/mol. The van der Waals surface area contributed by atoms with Gasteiger partial charge in [-0.3, -0.25) is 9.63 Å². The summed E-state index contributed by atoms with van der Waals surface area (Å²) in [6.07, 6.45) is 3.38. The van der Waals surface area contributed by atoms with Gasteiger partial charge in [-0.25, -0.2) is 18.4 Å². The Morgan fingerprint density at radius 1 is 1.07 bits per heavy atom. The van der Waals surface area contributed by atoms with Crippen molar-refractivity contribution < 1.29 is 18.0 Å². The number of hydrogen-bond donors (Lipinski definition) is 0. The first-order valence-electron chi connectivity index (χ1n) is 8.38. The second-order valence-corrected chi connectivity index (χ2v) is 7.89. The van der Waals surface area contributed by atoms with E-state index in [2.05, 4.69) is 9.97 Å². The first-order valence-corrected chi connectivity index (χ1v) is 9.82. The second-order valence-electron chi connectivity index (χ2n) is 5.95. The van der Waals surface area contributed by atoms with Crippen LogP contribution in [0.2, 0.25) is 0 Å². The summed E-state index contributed by atoms with van der Waals surface area (Å²) < 4.78 is 25.2. The molecular weight excluding hydrogens is 370 g/mol. The van der Waals surface area contributed by atoms with Crippen LogP contribution in [0.1, 0.15) is 10.4 Å². The first kappa shape index (κ1) is 19.2. The fraction of sp³-hybridized carbons (Fsp3) is 0.353. The van der Waals surface area contributed by atoms with Gasteiger partial charge in [-0.15, -0.1) is 0 Å². The van der Waals surface area contributed by atoms with Crippen molar-refractivity contribution in [3.05, 3.63) is 48.3 Å². The molecule has 0 unspecified atom stereocenters. The predicted octanol–water partition coefficient (Wildman–Crippen LogP) is 0.621. The third kappa shape index (κ3) is 4.07. The smallest absolute Gasteiger partial charge is 0.264 e. The number of nitrogens with zero attached hydrogens (tertiary/aromatic N) is 5. The molecule has 1 saturated heterocycles. The Hall–Kier alpha value is -2.56. The Kier molecular flexibility index (Phi) is 5.68. The molecule has 0 bridgehead atoms. The number of benzene rings is 1. The molecule has 1 aromatic carbocycles. The molecule has 1 aliphatic heterocycles. The van der Waals surface area contributed by atoms with Crippen LogP contribution in [0.4, 0.5) is 5.95 Å². The van der Waals surface area contributed by atoms with Crippen molar-refractivity contribution in [2.24, 2.45) is 0 Å². The zero-order valence-electron chi connectivity index (χ0n) is 15.1. The molecule has 2 heterocycles. The fourth-order valence-electron chi connectivity index (χ4n) is 2.76. The van der Waals surface area contributed by atoms with Crippen molar-refractivity contribution in [2.45, 2.75) is 4.90 Å². The lowest BCUT2D eigenvalue weighted by molar-refractivity contribution is -0.0258. The molecule has 1 aromatic heterocycles. The number of amides is 1. The van der Waals surface area contributed by atoms with E-state index in [1.165, 1.54) is 38.4 Å². The van der Waals surface area contributed by atoms with Crippen LogP contribution in [-0.4, -0.2) is 74.0 Å². The summed E-state index contributed by atoms with van der Waals surface area (Å²) in [4.78, 5) is 29.7. The Morgan fingerprint density at radius 3 is 2.22 bits per heavy atom. The van der Waals surface area contributed by atoms with Crippen LogP contribution < -0.4 is 4.90 Å². The summed E-state index contributed by atoms with van der Waals surface area (Å²) in [7, 11) is -1.15. The van der Waals surface area contributed by atoms with Gasteiger partial charge >= 0.3 is 0 Å². The molecule has 0 radical (unpaired) electrons. The average molecular weight is 391 g/mol. The van der Waals surface area contributed by atoms with Crippen LogP contribution in [0.3, 0.4) is 0 Å². The summed E-state index contributed by atoms with van der Waals surface area (Å²) in [5.74, 6) is 0.522. The zero-order valence-corrected chi connectivity index (χ0v) is 16.0. The lowest BCUT2D eigenvalue weighted by atomic mass is 10.2. The second kappa shape index (κ2) is 7.99. The Morgan fingerprint density at radius 2 is 1.67 bits per heavy atom. The minimum Gasteiger partial charge on any atom is -0.337 e. The summed E-state index contributed by atoms with van der Waals surface area (Å²) in [6.45, 7) is 2.37. The number of rotatable bonds is 5. The molecule has 144 valence electrons. The molecule has 9 nitrogen and oxygen atoms in total. The van der Waals surface area contributed by atoms with Gasteiger partial charge in [-0.05, 0) is 30.3 Å². The summed E-state index contributed by atoms with van der Waals surface area (Å²) in [5.41, 5.74) is 0.443. The van der Waals surface area contributed by atoms with Gasteiger partial charge in [0.05, 0.1) is 12.0 Å². The molecule has 1 amide bonds. The van der Waals surface area contributed by atoms with Crippen molar-refractivity contribution in [3.63, 3.8) is 0 Å². The number of hydrogen-bond acceptors (Lipinski definition) is 7. The Labute approximate surface area is 158 Å². The van der Waals surface area contributed by atoms with E-state index in [-0.39, 0.29) is 10.8 Å². The molecule has 10 heteroatoms. The maximum absolute atomic E-state index is 12.7. The van der Waals surface area contributed by atoms with Gasteiger partial charge in [0.2, 0.25) is 5.95 Å². The molecule has 0 N–H and O–H groups in total. The van der Waals surface area contributed by atoms with Crippen LogP contribution in [-0.2, 0) is 14.9 Å². The van der Waals surface area contributed by atoms with Crippen molar-refractivity contribution in [3.8, 4) is 0 Å². The van der Waals surface area contributed by atoms with Gasteiger partial charge in [0, 0.05) is 51.2 Å². The summed E-state index contributed by atoms with van der Waals surface area (Å²) >= 11 is 0. The average Bonchev–Trinajstić information content (AvgIpc) is 2.73. The third-order valence-electron chi connectivity index (χ3n) is 4.40. The van der Waals surface area contributed by atoms with E-state index in [1.807, 2.05) is 4.90 Å². The lowest BCUT2D eigenvalue weighted by Crippen LogP contribution is -2.49. The quantitative estimate of drug-likeness (QED) is 0.690. The van der Waals surface area contributed by atoms with Crippen LogP contribution >= 0.6 is 0 Å². The lowest BCUT2D eigenvalue weighted by Gasteiger charge is -2.34. The molecule has 1 aliphatic rings. The summed E-state index contributed by atoms with van der Waals surface area (Å²) in [6, 6.07) is 7.62. The van der Waals surface area contributed by atoms with Gasteiger partial charge in [0.25, 0.3) is 15.9 Å². The number of carbonyl (C=O) groups excluding carboxylic acids is 1. The van der Waals surface area contributed by atoms with Crippen LogP contribution in [0.5, 0.6) is 0 Å². The minimum absolute atomic E-state index is 0.0643. The molecule has 0 saturated carbocycles. The number of aromatic nitrogens is 2. The molecule has 0 atom stereocenters. The summed E-state index contributed by atoms with van der Waals surface area (Å²) in [5, 5.41) is 0. The molecule has 2 aromatic rings. The molecule has 1 fully saturated rings.